The lowest BCUT2D eigenvalue weighted by Crippen LogP contribution is -2.30. The maximum Gasteiger partial charge on any atom is 0.251 e. The molecule has 1 amide bonds. The van der Waals surface area contributed by atoms with Gasteiger partial charge in [0.15, 0.2) is 0 Å². The van der Waals surface area contributed by atoms with Crippen LogP contribution in [0.15, 0.2) is 29.2 Å². The van der Waals surface area contributed by atoms with Crippen LogP contribution in [0.25, 0.3) is 0 Å². The molecule has 0 bridgehead atoms. The third-order valence-electron chi connectivity index (χ3n) is 3.56. The molecule has 1 heterocycles. The highest BCUT2D eigenvalue weighted by Crippen LogP contribution is 2.23. The number of benzene rings is 1. The number of carbonyl (C=O) groups is 1. The molecule has 8 heteroatoms. The summed E-state index contributed by atoms with van der Waals surface area (Å²) in [5, 5.41) is 2.50. The maximum absolute atomic E-state index is 12.4. The average Bonchev–Trinajstić information content (AvgIpc) is 2.96. The van der Waals surface area contributed by atoms with E-state index < -0.39 is 10.0 Å². The largest absolute Gasteiger partial charge is 0.355 e. The van der Waals surface area contributed by atoms with Crippen molar-refractivity contribution in [3.63, 3.8) is 0 Å². The molecule has 0 saturated carbocycles. The van der Waals surface area contributed by atoms with Crippen molar-refractivity contribution >= 4 is 28.3 Å². The fourth-order valence-corrected chi connectivity index (χ4v) is 3.81. The number of rotatable bonds is 4. The molecule has 1 fully saturated rings. The summed E-state index contributed by atoms with van der Waals surface area (Å²) in [5.41, 5.74) is 6.02. The topological polar surface area (TPSA) is 92.5 Å². The van der Waals surface area contributed by atoms with E-state index in [-0.39, 0.29) is 29.1 Å². The molecular formula is C13H20ClN3O3S. The third kappa shape index (κ3) is 3.74. The zero-order chi connectivity index (χ0) is 14.8. The van der Waals surface area contributed by atoms with E-state index in [1.807, 2.05) is 0 Å². The Morgan fingerprint density at radius 3 is 2.48 bits per heavy atom. The van der Waals surface area contributed by atoms with Crippen molar-refractivity contribution in [1.29, 1.82) is 0 Å². The molecule has 1 aromatic carbocycles. The van der Waals surface area contributed by atoms with Crippen LogP contribution in [0.1, 0.15) is 16.8 Å². The second kappa shape index (κ2) is 7.22. The second-order valence-corrected chi connectivity index (χ2v) is 6.79. The molecule has 0 aromatic heterocycles. The minimum Gasteiger partial charge on any atom is -0.355 e. The standard InChI is InChI=1S/C13H19N3O3S.ClH/c1-15-13(17)11-2-4-12(5-3-11)20(18,19)16-7-6-10(8-14)9-16;/h2-5,10H,6-9,14H2,1H3,(H,15,17);1H. The molecular weight excluding hydrogens is 314 g/mol. The van der Waals surface area contributed by atoms with Gasteiger partial charge in [-0.3, -0.25) is 4.79 Å². The number of carbonyl (C=O) groups excluding carboxylic acids is 1. The quantitative estimate of drug-likeness (QED) is 0.836. The normalized spacial score (nSPS) is 19.0. The van der Waals surface area contributed by atoms with Crippen molar-refractivity contribution < 1.29 is 13.2 Å². The number of hydrogen-bond donors (Lipinski definition) is 2. The third-order valence-corrected chi connectivity index (χ3v) is 5.44. The molecule has 1 atom stereocenters. The molecule has 2 rings (SSSR count). The molecule has 1 aliphatic rings. The summed E-state index contributed by atoms with van der Waals surface area (Å²) in [4.78, 5) is 11.6. The number of sulfonamides is 1. The molecule has 1 unspecified atom stereocenters. The first-order chi connectivity index (χ1) is 9.48. The molecule has 3 N–H and O–H groups in total. The van der Waals surface area contributed by atoms with E-state index in [0.29, 0.717) is 25.2 Å². The Bertz CT molecular complexity index is 589. The fourth-order valence-electron chi connectivity index (χ4n) is 2.28. The van der Waals surface area contributed by atoms with Crippen LogP contribution in [-0.2, 0) is 10.0 Å². The molecule has 21 heavy (non-hydrogen) atoms. The zero-order valence-electron chi connectivity index (χ0n) is 11.8. The van der Waals surface area contributed by atoms with Crippen LogP contribution in [0.5, 0.6) is 0 Å². The number of hydrogen-bond acceptors (Lipinski definition) is 4. The summed E-state index contributed by atoms with van der Waals surface area (Å²) < 4.78 is 26.3. The second-order valence-electron chi connectivity index (χ2n) is 4.86. The minimum absolute atomic E-state index is 0. The van der Waals surface area contributed by atoms with E-state index in [4.69, 9.17) is 5.73 Å². The van der Waals surface area contributed by atoms with Gasteiger partial charge >= 0.3 is 0 Å². The average molecular weight is 334 g/mol. The lowest BCUT2D eigenvalue weighted by Gasteiger charge is -2.16. The van der Waals surface area contributed by atoms with Gasteiger partial charge in [0, 0.05) is 25.7 Å². The van der Waals surface area contributed by atoms with Gasteiger partial charge in [-0.2, -0.15) is 4.31 Å². The highest BCUT2D eigenvalue weighted by Gasteiger charge is 2.31. The fraction of sp³-hybridized carbons (Fsp3) is 0.462. The molecule has 0 aliphatic carbocycles. The molecule has 118 valence electrons. The van der Waals surface area contributed by atoms with Crippen LogP contribution in [0.4, 0.5) is 0 Å². The maximum atomic E-state index is 12.4. The van der Waals surface area contributed by atoms with Crippen molar-refractivity contribution in [2.45, 2.75) is 11.3 Å². The van der Waals surface area contributed by atoms with Crippen molar-refractivity contribution in [3.8, 4) is 0 Å². The van der Waals surface area contributed by atoms with E-state index in [0.717, 1.165) is 6.42 Å². The Balaban J connectivity index is 0.00000220. The Labute approximate surface area is 131 Å². The van der Waals surface area contributed by atoms with Gasteiger partial charge in [0.1, 0.15) is 0 Å². The Hall–Kier alpha value is -1.15. The number of nitrogens with one attached hydrogen (secondary N) is 1. The molecule has 1 saturated heterocycles. The van der Waals surface area contributed by atoms with Gasteiger partial charge in [-0.25, -0.2) is 8.42 Å². The van der Waals surface area contributed by atoms with Crippen LogP contribution < -0.4 is 11.1 Å². The summed E-state index contributed by atoms with van der Waals surface area (Å²) in [6.07, 6.45) is 0.798. The van der Waals surface area contributed by atoms with Crippen LogP contribution in [-0.4, -0.2) is 45.3 Å². The van der Waals surface area contributed by atoms with E-state index in [2.05, 4.69) is 5.32 Å². The highest BCUT2D eigenvalue weighted by atomic mass is 35.5. The summed E-state index contributed by atoms with van der Waals surface area (Å²) in [6, 6.07) is 5.97. The van der Waals surface area contributed by atoms with E-state index in [1.165, 1.54) is 35.6 Å². The van der Waals surface area contributed by atoms with Crippen molar-refractivity contribution in [1.82, 2.24) is 9.62 Å². The summed E-state index contributed by atoms with van der Waals surface area (Å²) in [7, 11) is -1.95. The first-order valence-corrected chi connectivity index (χ1v) is 7.95. The van der Waals surface area contributed by atoms with Crippen LogP contribution >= 0.6 is 12.4 Å². The first kappa shape index (κ1) is 17.9. The van der Waals surface area contributed by atoms with Crippen LogP contribution in [0.3, 0.4) is 0 Å². The van der Waals surface area contributed by atoms with Gasteiger partial charge in [0.25, 0.3) is 5.91 Å². The lowest BCUT2D eigenvalue weighted by atomic mass is 10.1. The van der Waals surface area contributed by atoms with Gasteiger partial charge < -0.3 is 11.1 Å². The summed E-state index contributed by atoms with van der Waals surface area (Å²) in [5.74, 6) is -0.00627. The number of nitrogens with zero attached hydrogens (tertiary/aromatic N) is 1. The van der Waals surface area contributed by atoms with Gasteiger partial charge in [-0.05, 0) is 43.1 Å². The summed E-state index contributed by atoms with van der Waals surface area (Å²) >= 11 is 0. The summed E-state index contributed by atoms with van der Waals surface area (Å²) in [6.45, 7) is 1.47. The van der Waals surface area contributed by atoms with E-state index in [9.17, 15) is 13.2 Å². The Morgan fingerprint density at radius 2 is 2.00 bits per heavy atom. The van der Waals surface area contributed by atoms with E-state index in [1.54, 1.807) is 0 Å². The smallest absolute Gasteiger partial charge is 0.251 e. The predicted molar refractivity (Wildman–Crippen MR) is 83.0 cm³/mol. The van der Waals surface area contributed by atoms with Crippen LogP contribution in [0.2, 0.25) is 0 Å². The monoisotopic (exact) mass is 333 g/mol. The Morgan fingerprint density at radius 1 is 1.38 bits per heavy atom. The van der Waals surface area contributed by atoms with Crippen molar-refractivity contribution in [3.05, 3.63) is 29.8 Å². The molecule has 0 radical (unpaired) electrons. The van der Waals surface area contributed by atoms with Crippen molar-refractivity contribution in [2.24, 2.45) is 11.7 Å². The van der Waals surface area contributed by atoms with Gasteiger partial charge in [-0.1, -0.05) is 0 Å². The SMILES string of the molecule is CNC(=O)c1ccc(S(=O)(=O)N2CCC(CN)C2)cc1.Cl. The Kier molecular flexibility index (Phi) is 6.15. The van der Waals surface area contributed by atoms with Crippen molar-refractivity contribution in [2.75, 3.05) is 26.7 Å². The first-order valence-electron chi connectivity index (χ1n) is 6.51. The number of amides is 1. The van der Waals surface area contributed by atoms with Gasteiger partial charge in [0.2, 0.25) is 10.0 Å². The van der Waals surface area contributed by atoms with Gasteiger partial charge in [0.05, 0.1) is 4.90 Å². The molecule has 0 spiro atoms. The molecule has 1 aliphatic heterocycles. The predicted octanol–water partition coefficient (Wildman–Crippen LogP) is 0.437. The lowest BCUT2D eigenvalue weighted by molar-refractivity contribution is 0.0963. The van der Waals surface area contributed by atoms with E-state index >= 15 is 0 Å². The number of nitrogens with two attached hydrogens (primary N) is 1. The molecule has 6 nitrogen and oxygen atoms in total. The highest BCUT2D eigenvalue weighted by molar-refractivity contribution is 7.89. The minimum atomic E-state index is -3.48. The van der Waals surface area contributed by atoms with Crippen LogP contribution in [0, 0.1) is 5.92 Å². The van der Waals surface area contributed by atoms with Gasteiger partial charge in [-0.15, -0.1) is 12.4 Å². The zero-order valence-corrected chi connectivity index (χ0v) is 13.4. The number of halogens is 1. The molecule has 1 aromatic rings.